The van der Waals surface area contributed by atoms with Gasteiger partial charge in [-0.3, -0.25) is 4.79 Å². The summed E-state index contributed by atoms with van der Waals surface area (Å²) in [5, 5.41) is 0. The Kier molecular flexibility index (Phi) is 2.20. The van der Waals surface area contributed by atoms with Crippen LogP contribution in [0.4, 0.5) is 5.69 Å². The molecule has 1 amide bonds. The molecular formula is C13H10BrNO3. The smallest absolute Gasteiger partial charge is 0.335 e. The molecule has 0 saturated carbocycles. The maximum absolute atomic E-state index is 12.5. The molecule has 2 heterocycles. The normalized spacial score (nSPS) is 25.9. The third-order valence-corrected chi connectivity index (χ3v) is 4.12. The van der Waals surface area contributed by atoms with Gasteiger partial charge in [0.25, 0.3) is 0 Å². The van der Waals surface area contributed by atoms with E-state index in [1.54, 1.807) is 11.9 Å². The van der Waals surface area contributed by atoms with E-state index in [4.69, 9.17) is 4.74 Å². The van der Waals surface area contributed by atoms with Crippen molar-refractivity contribution in [3.8, 4) is 0 Å². The molecule has 0 radical (unpaired) electrons. The monoisotopic (exact) mass is 307 g/mol. The first kappa shape index (κ1) is 11.5. The Labute approximate surface area is 112 Å². The lowest BCUT2D eigenvalue weighted by Gasteiger charge is -2.19. The van der Waals surface area contributed by atoms with Crippen molar-refractivity contribution in [1.29, 1.82) is 0 Å². The molecule has 2 aliphatic rings. The minimum Gasteiger partial charge on any atom is -0.460 e. The van der Waals surface area contributed by atoms with Gasteiger partial charge in [-0.05, 0) is 18.2 Å². The zero-order chi connectivity index (χ0) is 13.1. The fraction of sp³-hybridized carbons (Fsp3) is 0.231. The topological polar surface area (TPSA) is 46.6 Å². The lowest BCUT2D eigenvalue weighted by molar-refractivity contribution is -0.135. The number of esters is 1. The van der Waals surface area contributed by atoms with Gasteiger partial charge in [0.05, 0.1) is 5.57 Å². The van der Waals surface area contributed by atoms with E-state index in [0.717, 1.165) is 15.7 Å². The van der Waals surface area contributed by atoms with Crippen LogP contribution in [0.5, 0.6) is 0 Å². The van der Waals surface area contributed by atoms with Crippen LogP contribution < -0.4 is 4.90 Å². The number of anilines is 1. The molecule has 92 valence electrons. The van der Waals surface area contributed by atoms with Gasteiger partial charge in [0, 0.05) is 22.8 Å². The van der Waals surface area contributed by atoms with Crippen LogP contribution in [0.1, 0.15) is 5.56 Å². The maximum atomic E-state index is 12.5. The quantitative estimate of drug-likeness (QED) is 0.542. The average Bonchev–Trinajstić information content (AvgIpc) is 2.75. The standard InChI is InChI=1S/C13H10BrNO3/c1-7-11(16)18-6-13(7)9-5-8(14)3-4-10(9)15(2)12(13)17/h3-5H,1,6H2,2H3. The molecule has 5 heteroatoms. The number of amides is 1. The highest BCUT2D eigenvalue weighted by Crippen LogP contribution is 2.49. The second kappa shape index (κ2) is 3.45. The molecule has 2 aliphatic heterocycles. The van der Waals surface area contributed by atoms with Crippen molar-refractivity contribution in [2.24, 2.45) is 0 Å². The summed E-state index contributed by atoms with van der Waals surface area (Å²) < 4.78 is 5.87. The maximum Gasteiger partial charge on any atom is 0.335 e. The third kappa shape index (κ3) is 1.15. The van der Waals surface area contributed by atoms with E-state index in [9.17, 15) is 9.59 Å². The van der Waals surface area contributed by atoms with Crippen molar-refractivity contribution in [1.82, 2.24) is 0 Å². The summed E-state index contributed by atoms with van der Waals surface area (Å²) in [7, 11) is 1.69. The zero-order valence-electron chi connectivity index (χ0n) is 9.70. The van der Waals surface area contributed by atoms with Crippen molar-refractivity contribution < 1.29 is 14.3 Å². The van der Waals surface area contributed by atoms with E-state index in [0.29, 0.717) is 0 Å². The van der Waals surface area contributed by atoms with Gasteiger partial charge in [-0.25, -0.2) is 4.79 Å². The molecule has 1 spiro atoms. The molecule has 0 bridgehead atoms. The van der Waals surface area contributed by atoms with E-state index in [2.05, 4.69) is 22.5 Å². The zero-order valence-corrected chi connectivity index (χ0v) is 11.3. The lowest BCUT2D eigenvalue weighted by atomic mass is 9.78. The van der Waals surface area contributed by atoms with Gasteiger partial charge in [-0.1, -0.05) is 22.5 Å². The molecule has 3 rings (SSSR count). The van der Waals surface area contributed by atoms with Crippen LogP contribution in [-0.4, -0.2) is 25.5 Å². The highest BCUT2D eigenvalue weighted by atomic mass is 79.9. The van der Waals surface area contributed by atoms with E-state index in [1.165, 1.54) is 0 Å². The van der Waals surface area contributed by atoms with Crippen LogP contribution in [0.3, 0.4) is 0 Å². The van der Waals surface area contributed by atoms with Crippen molar-refractivity contribution in [3.05, 3.63) is 40.4 Å². The summed E-state index contributed by atoms with van der Waals surface area (Å²) in [6.07, 6.45) is 0. The number of likely N-dealkylation sites (N-methyl/N-ethyl adjacent to an activating group) is 1. The molecule has 18 heavy (non-hydrogen) atoms. The molecule has 1 atom stereocenters. The number of fused-ring (bicyclic) bond motifs is 2. The Balaban J connectivity index is 2.30. The highest BCUT2D eigenvalue weighted by molar-refractivity contribution is 9.10. The molecule has 4 nitrogen and oxygen atoms in total. The SMILES string of the molecule is C=C1C(=O)OCC12C(=O)N(C)c1ccc(Br)cc12. The number of rotatable bonds is 0. The largest absolute Gasteiger partial charge is 0.460 e. The summed E-state index contributed by atoms with van der Waals surface area (Å²) >= 11 is 3.39. The molecule has 1 unspecified atom stereocenters. The number of ether oxygens (including phenoxy) is 1. The first-order valence-electron chi connectivity index (χ1n) is 5.43. The second-order valence-corrected chi connectivity index (χ2v) is 5.40. The second-order valence-electron chi connectivity index (χ2n) is 4.49. The lowest BCUT2D eigenvalue weighted by Crippen LogP contribution is -2.40. The van der Waals surface area contributed by atoms with E-state index >= 15 is 0 Å². The molecule has 0 N–H and O–H groups in total. The van der Waals surface area contributed by atoms with Gasteiger partial charge < -0.3 is 9.64 Å². The van der Waals surface area contributed by atoms with Crippen LogP contribution >= 0.6 is 15.9 Å². The molecule has 1 aromatic carbocycles. The first-order valence-corrected chi connectivity index (χ1v) is 6.22. The number of nitrogens with zero attached hydrogens (tertiary/aromatic N) is 1. The van der Waals surface area contributed by atoms with E-state index in [1.807, 2.05) is 18.2 Å². The van der Waals surface area contributed by atoms with Crippen molar-refractivity contribution in [2.75, 3.05) is 18.6 Å². The number of hydrogen-bond donors (Lipinski definition) is 0. The van der Waals surface area contributed by atoms with Crippen LogP contribution in [0.2, 0.25) is 0 Å². The Morgan fingerprint density at radius 2 is 2.17 bits per heavy atom. The van der Waals surface area contributed by atoms with Gasteiger partial charge in [0.15, 0.2) is 0 Å². The highest BCUT2D eigenvalue weighted by Gasteiger charge is 2.58. The van der Waals surface area contributed by atoms with Gasteiger partial charge >= 0.3 is 5.97 Å². The number of halogens is 1. The van der Waals surface area contributed by atoms with Gasteiger partial charge in [0.1, 0.15) is 12.0 Å². The Bertz CT molecular complexity index is 610. The fourth-order valence-electron chi connectivity index (χ4n) is 2.61. The first-order chi connectivity index (χ1) is 8.48. The van der Waals surface area contributed by atoms with Crippen LogP contribution in [0, 0.1) is 0 Å². The van der Waals surface area contributed by atoms with Crippen molar-refractivity contribution in [3.63, 3.8) is 0 Å². The fourth-order valence-corrected chi connectivity index (χ4v) is 2.97. The number of hydrogen-bond acceptors (Lipinski definition) is 3. The summed E-state index contributed by atoms with van der Waals surface area (Å²) in [6, 6.07) is 5.56. The van der Waals surface area contributed by atoms with Gasteiger partial charge in [-0.15, -0.1) is 0 Å². The number of cyclic esters (lactones) is 1. The predicted molar refractivity (Wildman–Crippen MR) is 69.3 cm³/mol. The predicted octanol–water partition coefficient (Wildman–Crippen LogP) is 1.78. The molecular weight excluding hydrogens is 298 g/mol. The molecule has 0 aromatic heterocycles. The summed E-state index contributed by atoms with van der Waals surface area (Å²) in [5.41, 5.74) is 0.754. The Morgan fingerprint density at radius 3 is 2.78 bits per heavy atom. The number of carbonyl (C=O) groups is 2. The average molecular weight is 308 g/mol. The molecule has 1 aromatic rings. The summed E-state index contributed by atoms with van der Waals surface area (Å²) in [4.78, 5) is 25.6. The number of carbonyl (C=O) groups excluding carboxylic acids is 2. The number of benzene rings is 1. The van der Waals surface area contributed by atoms with E-state index < -0.39 is 11.4 Å². The third-order valence-electron chi connectivity index (χ3n) is 3.63. The van der Waals surface area contributed by atoms with E-state index in [-0.39, 0.29) is 18.1 Å². The Morgan fingerprint density at radius 1 is 1.44 bits per heavy atom. The Hall–Kier alpha value is -1.62. The van der Waals surface area contributed by atoms with Crippen LogP contribution in [0.25, 0.3) is 0 Å². The summed E-state index contributed by atoms with van der Waals surface area (Å²) in [5.74, 6) is -0.656. The summed E-state index contributed by atoms with van der Waals surface area (Å²) in [6.45, 7) is 3.79. The van der Waals surface area contributed by atoms with Gasteiger partial charge in [0.2, 0.25) is 5.91 Å². The molecule has 1 saturated heterocycles. The van der Waals surface area contributed by atoms with Crippen LogP contribution in [-0.2, 0) is 19.7 Å². The van der Waals surface area contributed by atoms with Crippen LogP contribution in [0.15, 0.2) is 34.8 Å². The minimum absolute atomic E-state index is 0.0390. The molecule has 0 aliphatic carbocycles. The molecule has 1 fully saturated rings. The van der Waals surface area contributed by atoms with Crippen molar-refractivity contribution >= 4 is 33.5 Å². The van der Waals surface area contributed by atoms with Gasteiger partial charge in [-0.2, -0.15) is 0 Å². The minimum atomic E-state index is -1.04. The van der Waals surface area contributed by atoms with Crippen molar-refractivity contribution in [2.45, 2.75) is 5.41 Å².